The van der Waals surface area contributed by atoms with Crippen molar-refractivity contribution in [2.75, 3.05) is 56.7 Å². The van der Waals surface area contributed by atoms with Crippen molar-refractivity contribution in [1.29, 1.82) is 0 Å². The van der Waals surface area contributed by atoms with Crippen LogP contribution in [0.3, 0.4) is 0 Å². The number of amides is 2. The Hall–Kier alpha value is -3.26. The van der Waals surface area contributed by atoms with E-state index in [9.17, 15) is 9.59 Å². The topological polar surface area (TPSA) is 80.3 Å². The van der Waals surface area contributed by atoms with Gasteiger partial charge in [0.15, 0.2) is 6.10 Å². The number of ether oxygens (including phenoxy) is 3. The average Bonchev–Trinajstić information content (AvgIpc) is 2.79. The lowest BCUT2D eigenvalue weighted by atomic mass is 10.1. The van der Waals surface area contributed by atoms with Crippen molar-refractivity contribution in [2.45, 2.75) is 13.0 Å². The molecule has 0 radical (unpaired) electrons. The van der Waals surface area contributed by atoms with Crippen LogP contribution in [0.1, 0.15) is 5.56 Å². The highest BCUT2D eigenvalue weighted by molar-refractivity contribution is 5.96. The lowest BCUT2D eigenvalue weighted by Crippen LogP contribution is -2.53. The van der Waals surface area contributed by atoms with Crippen LogP contribution >= 0.6 is 0 Å². The molecule has 0 aromatic heterocycles. The molecular formula is C23H27N3O5. The number of carbonyl (C=O) groups is 2. The number of carbonyl (C=O) groups excluding carboxylic acids is 2. The number of aryl methyl sites for hydroxylation is 1. The normalized spacial score (nSPS) is 18.1. The van der Waals surface area contributed by atoms with E-state index < -0.39 is 6.10 Å². The minimum atomic E-state index is -0.672. The first-order valence-corrected chi connectivity index (χ1v) is 10.4. The summed E-state index contributed by atoms with van der Waals surface area (Å²) in [5.74, 6) is 0.921. The van der Waals surface area contributed by atoms with Crippen molar-refractivity contribution in [3.63, 3.8) is 0 Å². The molecule has 0 saturated carbocycles. The van der Waals surface area contributed by atoms with Crippen molar-refractivity contribution in [1.82, 2.24) is 4.90 Å². The number of methoxy groups -OCH3 is 1. The van der Waals surface area contributed by atoms with Gasteiger partial charge in [0.2, 0.25) is 5.91 Å². The summed E-state index contributed by atoms with van der Waals surface area (Å²) in [7, 11) is 1.57. The summed E-state index contributed by atoms with van der Waals surface area (Å²) in [6, 6.07) is 13.1. The third-order valence-electron chi connectivity index (χ3n) is 5.42. The van der Waals surface area contributed by atoms with Crippen molar-refractivity contribution in [3.05, 3.63) is 48.0 Å². The van der Waals surface area contributed by atoms with E-state index in [1.165, 1.54) is 0 Å². The van der Waals surface area contributed by atoms with Gasteiger partial charge in [-0.05, 0) is 36.8 Å². The van der Waals surface area contributed by atoms with E-state index in [-0.39, 0.29) is 18.4 Å². The van der Waals surface area contributed by atoms with Crippen LogP contribution < -0.4 is 19.7 Å². The van der Waals surface area contributed by atoms with E-state index in [0.29, 0.717) is 50.0 Å². The molecule has 0 aliphatic carbocycles. The van der Waals surface area contributed by atoms with Crippen molar-refractivity contribution >= 4 is 23.2 Å². The molecule has 1 fully saturated rings. The number of nitrogens with zero attached hydrogens (tertiary/aromatic N) is 2. The van der Waals surface area contributed by atoms with Gasteiger partial charge in [-0.1, -0.05) is 18.2 Å². The van der Waals surface area contributed by atoms with Gasteiger partial charge in [0.25, 0.3) is 5.91 Å². The van der Waals surface area contributed by atoms with Gasteiger partial charge in [0.05, 0.1) is 44.8 Å². The number of nitrogens with one attached hydrogen (secondary N) is 1. The van der Waals surface area contributed by atoms with Gasteiger partial charge in [0.1, 0.15) is 11.5 Å². The maximum Gasteiger partial charge on any atom is 0.265 e. The highest BCUT2D eigenvalue weighted by Crippen LogP contribution is 2.33. The second-order valence-electron chi connectivity index (χ2n) is 7.64. The van der Waals surface area contributed by atoms with Crippen LogP contribution in [0, 0.1) is 6.92 Å². The summed E-state index contributed by atoms with van der Waals surface area (Å²) in [5.41, 5.74) is 2.43. The van der Waals surface area contributed by atoms with Gasteiger partial charge < -0.3 is 29.3 Å². The molecule has 8 nitrogen and oxygen atoms in total. The predicted molar refractivity (Wildman–Crippen MR) is 117 cm³/mol. The quantitative estimate of drug-likeness (QED) is 0.790. The maximum absolute atomic E-state index is 13.0. The molecule has 2 aliphatic heterocycles. The molecule has 2 aliphatic rings. The van der Waals surface area contributed by atoms with E-state index >= 15 is 0 Å². The van der Waals surface area contributed by atoms with Gasteiger partial charge in [-0.25, -0.2) is 0 Å². The van der Waals surface area contributed by atoms with Gasteiger partial charge in [0, 0.05) is 13.1 Å². The third-order valence-corrected chi connectivity index (χ3v) is 5.42. The number of rotatable bonds is 5. The van der Waals surface area contributed by atoms with Gasteiger partial charge >= 0.3 is 0 Å². The van der Waals surface area contributed by atoms with Crippen molar-refractivity contribution in [3.8, 4) is 11.5 Å². The number of fused-ring (bicyclic) bond motifs is 1. The average molecular weight is 425 g/mol. The Kier molecular flexibility index (Phi) is 6.27. The Labute approximate surface area is 181 Å². The number of hydrogen-bond acceptors (Lipinski definition) is 6. The highest BCUT2D eigenvalue weighted by atomic mass is 16.5. The van der Waals surface area contributed by atoms with E-state index in [0.717, 1.165) is 11.3 Å². The minimum Gasteiger partial charge on any atom is -0.495 e. The van der Waals surface area contributed by atoms with Gasteiger partial charge in [-0.3, -0.25) is 9.59 Å². The zero-order valence-corrected chi connectivity index (χ0v) is 17.8. The Morgan fingerprint density at radius 3 is 2.71 bits per heavy atom. The van der Waals surface area contributed by atoms with E-state index in [2.05, 4.69) is 5.32 Å². The minimum absolute atomic E-state index is 0.0800. The molecule has 4 rings (SSSR count). The monoisotopic (exact) mass is 425 g/mol. The Balaban J connectivity index is 1.50. The highest BCUT2D eigenvalue weighted by Gasteiger charge is 2.34. The molecule has 1 saturated heterocycles. The van der Waals surface area contributed by atoms with Crippen LogP contribution in [0.2, 0.25) is 0 Å². The first kappa shape index (κ1) is 21.0. The standard InChI is InChI=1S/C23H27N3O5/c1-16-7-8-19(29-2)17(13-16)24-22(27)15-26-14-21(23(28)25-9-11-30-12-10-25)31-20-6-4-3-5-18(20)26/h3-8,13,21H,9-12,14-15H2,1-2H3,(H,24,27)/t21-/m1/s1. The molecule has 2 amide bonds. The first-order chi connectivity index (χ1) is 15.0. The number of para-hydroxylation sites is 2. The third kappa shape index (κ3) is 4.74. The molecule has 2 aromatic carbocycles. The molecular weight excluding hydrogens is 398 g/mol. The van der Waals surface area contributed by atoms with Crippen LogP contribution in [0.15, 0.2) is 42.5 Å². The molecule has 31 heavy (non-hydrogen) atoms. The number of hydrogen-bond donors (Lipinski definition) is 1. The molecule has 1 N–H and O–H groups in total. The van der Waals surface area contributed by atoms with E-state index in [1.807, 2.05) is 54.3 Å². The van der Waals surface area contributed by atoms with E-state index in [4.69, 9.17) is 14.2 Å². The molecule has 1 atom stereocenters. The molecule has 0 spiro atoms. The fourth-order valence-electron chi connectivity index (χ4n) is 3.86. The van der Waals surface area contributed by atoms with Crippen LogP contribution in [-0.2, 0) is 14.3 Å². The van der Waals surface area contributed by atoms with Crippen LogP contribution in [0.25, 0.3) is 0 Å². The zero-order chi connectivity index (χ0) is 21.8. The summed E-state index contributed by atoms with van der Waals surface area (Å²) in [5, 5.41) is 2.93. The molecule has 2 heterocycles. The van der Waals surface area contributed by atoms with Gasteiger partial charge in [-0.2, -0.15) is 0 Å². The fourth-order valence-corrected chi connectivity index (χ4v) is 3.86. The lowest BCUT2D eigenvalue weighted by molar-refractivity contribution is -0.142. The second kappa shape index (κ2) is 9.26. The van der Waals surface area contributed by atoms with Crippen molar-refractivity contribution < 1.29 is 23.8 Å². The first-order valence-electron chi connectivity index (χ1n) is 10.4. The smallest absolute Gasteiger partial charge is 0.265 e. The van der Waals surface area contributed by atoms with Crippen LogP contribution in [-0.4, -0.2) is 69.3 Å². The Morgan fingerprint density at radius 2 is 1.94 bits per heavy atom. The lowest BCUT2D eigenvalue weighted by Gasteiger charge is -2.38. The fraction of sp³-hybridized carbons (Fsp3) is 0.391. The van der Waals surface area contributed by atoms with Crippen LogP contribution in [0.5, 0.6) is 11.5 Å². The number of benzene rings is 2. The summed E-state index contributed by atoms with van der Waals surface area (Å²) in [6.45, 7) is 4.49. The molecule has 8 heteroatoms. The Bertz CT molecular complexity index is 958. The predicted octanol–water partition coefficient (Wildman–Crippen LogP) is 2.07. The Morgan fingerprint density at radius 1 is 1.16 bits per heavy atom. The summed E-state index contributed by atoms with van der Waals surface area (Å²) in [6.07, 6.45) is -0.672. The van der Waals surface area contributed by atoms with Gasteiger partial charge in [-0.15, -0.1) is 0 Å². The van der Waals surface area contributed by atoms with Crippen molar-refractivity contribution in [2.24, 2.45) is 0 Å². The van der Waals surface area contributed by atoms with E-state index in [1.54, 1.807) is 12.0 Å². The zero-order valence-electron chi connectivity index (χ0n) is 17.8. The maximum atomic E-state index is 13.0. The second-order valence-corrected chi connectivity index (χ2v) is 7.64. The summed E-state index contributed by atoms with van der Waals surface area (Å²) >= 11 is 0. The molecule has 164 valence electrons. The summed E-state index contributed by atoms with van der Waals surface area (Å²) in [4.78, 5) is 29.5. The number of morpholine rings is 1. The number of anilines is 2. The summed E-state index contributed by atoms with van der Waals surface area (Å²) < 4.78 is 16.7. The largest absolute Gasteiger partial charge is 0.495 e. The SMILES string of the molecule is COc1ccc(C)cc1NC(=O)CN1C[C@H](C(=O)N2CCOCC2)Oc2ccccc21. The molecule has 2 aromatic rings. The van der Waals surface area contributed by atoms with Crippen LogP contribution in [0.4, 0.5) is 11.4 Å². The molecule has 0 unspecified atom stereocenters. The molecule has 0 bridgehead atoms.